The van der Waals surface area contributed by atoms with E-state index in [-0.39, 0.29) is 11.5 Å². The van der Waals surface area contributed by atoms with Crippen molar-refractivity contribution in [1.29, 1.82) is 0 Å². The molecule has 0 aromatic heterocycles. The fourth-order valence-electron chi connectivity index (χ4n) is 2.58. The highest BCUT2D eigenvalue weighted by molar-refractivity contribution is 9.10. The summed E-state index contributed by atoms with van der Waals surface area (Å²) >= 11 is 3.49. The summed E-state index contributed by atoms with van der Waals surface area (Å²) in [5, 5.41) is 13.6. The van der Waals surface area contributed by atoms with Crippen LogP contribution in [-0.2, 0) is 0 Å². The second-order valence-electron chi connectivity index (χ2n) is 5.33. The van der Waals surface area contributed by atoms with Crippen molar-refractivity contribution in [2.75, 3.05) is 12.4 Å². The van der Waals surface area contributed by atoms with Gasteiger partial charge in [0.25, 0.3) is 5.91 Å². The summed E-state index contributed by atoms with van der Waals surface area (Å²) in [6.07, 6.45) is 0. The number of anilines is 1. The number of benzene rings is 3. The molecule has 2 N–H and O–H groups in total. The molecular formula is C19H14BrNO4. The number of amides is 1. The third-order valence-corrected chi connectivity index (χ3v) is 4.54. The molecule has 0 bridgehead atoms. The molecule has 0 saturated carbocycles. The number of hydrogen-bond acceptors (Lipinski definition) is 3. The molecule has 3 aromatic rings. The Morgan fingerprint density at radius 3 is 2.56 bits per heavy atom. The minimum absolute atomic E-state index is 0.101. The van der Waals surface area contributed by atoms with Gasteiger partial charge in [-0.05, 0) is 51.0 Å². The van der Waals surface area contributed by atoms with E-state index in [9.17, 15) is 9.59 Å². The van der Waals surface area contributed by atoms with E-state index in [2.05, 4.69) is 21.2 Å². The van der Waals surface area contributed by atoms with Gasteiger partial charge in [0.2, 0.25) is 0 Å². The van der Waals surface area contributed by atoms with Gasteiger partial charge in [-0.2, -0.15) is 0 Å². The van der Waals surface area contributed by atoms with Crippen molar-refractivity contribution >= 4 is 44.3 Å². The largest absolute Gasteiger partial charge is 0.495 e. The lowest BCUT2D eigenvalue weighted by molar-refractivity contribution is 0.0696. The Kier molecular flexibility index (Phi) is 4.72. The Hall–Kier alpha value is -2.86. The highest BCUT2D eigenvalue weighted by Crippen LogP contribution is 2.36. The van der Waals surface area contributed by atoms with E-state index in [1.54, 1.807) is 18.2 Å². The molecule has 0 atom stereocenters. The van der Waals surface area contributed by atoms with Crippen molar-refractivity contribution in [2.45, 2.75) is 0 Å². The number of carbonyl (C=O) groups is 2. The Labute approximate surface area is 152 Å². The predicted octanol–water partition coefficient (Wildman–Crippen LogP) is 4.56. The maximum Gasteiger partial charge on any atom is 0.335 e. The van der Waals surface area contributed by atoms with Crippen molar-refractivity contribution in [2.24, 2.45) is 0 Å². The lowest BCUT2D eigenvalue weighted by atomic mass is 10.0. The Morgan fingerprint density at radius 2 is 1.84 bits per heavy atom. The first kappa shape index (κ1) is 17.0. The van der Waals surface area contributed by atoms with Crippen LogP contribution in [0.2, 0.25) is 0 Å². The van der Waals surface area contributed by atoms with E-state index in [0.717, 1.165) is 10.8 Å². The molecule has 0 unspecified atom stereocenters. The number of nitrogens with one attached hydrogen (secondary N) is 1. The van der Waals surface area contributed by atoms with Gasteiger partial charge in [-0.15, -0.1) is 0 Å². The monoisotopic (exact) mass is 399 g/mol. The standard InChI is InChI=1S/C19H14BrNO4/c1-25-17-15(10-11-5-2-3-8-14(11)16(17)20)18(22)21-13-7-4-6-12(9-13)19(23)24/h2-10H,1H3,(H,21,22)(H,23,24). The van der Waals surface area contributed by atoms with E-state index in [4.69, 9.17) is 9.84 Å². The Morgan fingerprint density at radius 1 is 1.08 bits per heavy atom. The van der Waals surface area contributed by atoms with Gasteiger partial charge in [-0.1, -0.05) is 30.3 Å². The van der Waals surface area contributed by atoms with E-state index in [1.807, 2.05) is 24.3 Å². The van der Waals surface area contributed by atoms with Crippen LogP contribution in [0.1, 0.15) is 20.7 Å². The summed E-state index contributed by atoms with van der Waals surface area (Å²) in [5.74, 6) is -1.02. The minimum Gasteiger partial charge on any atom is -0.495 e. The number of halogens is 1. The average Bonchev–Trinajstić information content (AvgIpc) is 2.61. The summed E-state index contributed by atoms with van der Waals surface area (Å²) in [6, 6.07) is 15.5. The van der Waals surface area contributed by atoms with E-state index in [1.165, 1.54) is 19.2 Å². The van der Waals surface area contributed by atoms with Crippen LogP contribution in [0.5, 0.6) is 5.75 Å². The van der Waals surface area contributed by atoms with Crippen molar-refractivity contribution < 1.29 is 19.4 Å². The lowest BCUT2D eigenvalue weighted by Crippen LogP contribution is -2.14. The van der Waals surface area contributed by atoms with Gasteiger partial charge < -0.3 is 15.2 Å². The van der Waals surface area contributed by atoms with Crippen molar-refractivity contribution in [1.82, 2.24) is 0 Å². The molecule has 0 spiro atoms. The number of hydrogen-bond donors (Lipinski definition) is 2. The molecule has 1 amide bonds. The molecule has 0 aliphatic carbocycles. The van der Waals surface area contributed by atoms with Crippen LogP contribution in [-0.4, -0.2) is 24.1 Å². The molecule has 6 heteroatoms. The Bertz CT molecular complexity index is 984. The highest BCUT2D eigenvalue weighted by Gasteiger charge is 2.18. The number of fused-ring (bicyclic) bond motifs is 1. The van der Waals surface area contributed by atoms with Gasteiger partial charge in [-0.3, -0.25) is 4.79 Å². The SMILES string of the molecule is COc1c(C(=O)Nc2cccc(C(=O)O)c2)cc2ccccc2c1Br. The van der Waals surface area contributed by atoms with Gasteiger partial charge >= 0.3 is 5.97 Å². The lowest BCUT2D eigenvalue weighted by Gasteiger charge is -2.13. The third kappa shape index (κ3) is 3.34. The molecule has 3 aromatic carbocycles. The van der Waals surface area contributed by atoms with Crippen LogP contribution in [0.15, 0.2) is 59.1 Å². The summed E-state index contributed by atoms with van der Waals surface area (Å²) in [5.41, 5.74) is 0.856. The molecule has 3 rings (SSSR count). The van der Waals surface area contributed by atoms with Crippen LogP contribution in [0.25, 0.3) is 10.8 Å². The van der Waals surface area contributed by atoms with Crippen molar-refractivity contribution in [3.63, 3.8) is 0 Å². The summed E-state index contributed by atoms with van der Waals surface area (Å²) in [7, 11) is 1.50. The number of methoxy groups -OCH3 is 1. The molecule has 0 radical (unpaired) electrons. The van der Waals surface area contributed by atoms with Crippen LogP contribution in [0, 0.1) is 0 Å². The van der Waals surface area contributed by atoms with Crippen molar-refractivity contribution in [3.05, 3.63) is 70.2 Å². The second-order valence-corrected chi connectivity index (χ2v) is 6.13. The smallest absolute Gasteiger partial charge is 0.335 e. The molecule has 0 fully saturated rings. The van der Waals surface area contributed by atoms with Gasteiger partial charge in [0.1, 0.15) is 5.75 Å². The van der Waals surface area contributed by atoms with Crippen LogP contribution < -0.4 is 10.1 Å². The summed E-state index contributed by atoms with van der Waals surface area (Å²) in [4.78, 5) is 23.8. The molecule has 0 heterocycles. The number of aromatic carboxylic acids is 1. The fourth-order valence-corrected chi connectivity index (χ4v) is 3.32. The fraction of sp³-hybridized carbons (Fsp3) is 0.0526. The predicted molar refractivity (Wildman–Crippen MR) is 99.6 cm³/mol. The third-order valence-electron chi connectivity index (χ3n) is 3.76. The highest BCUT2D eigenvalue weighted by atomic mass is 79.9. The van der Waals surface area contributed by atoms with Crippen LogP contribution >= 0.6 is 15.9 Å². The first-order valence-electron chi connectivity index (χ1n) is 7.41. The maximum absolute atomic E-state index is 12.7. The molecule has 0 aliphatic rings. The van der Waals surface area contributed by atoms with Gasteiger partial charge in [0, 0.05) is 5.69 Å². The first-order chi connectivity index (χ1) is 12.0. The number of carboxylic acid groups (broad SMARTS) is 1. The average molecular weight is 400 g/mol. The molecule has 0 aliphatic heterocycles. The summed E-state index contributed by atoms with van der Waals surface area (Å²) < 4.78 is 6.10. The molecule has 0 saturated heterocycles. The molecule has 25 heavy (non-hydrogen) atoms. The topological polar surface area (TPSA) is 75.6 Å². The first-order valence-corrected chi connectivity index (χ1v) is 8.20. The van der Waals surface area contributed by atoms with Crippen LogP contribution in [0.3, 0.4) is 0 Å². The summed E-state index contributed by atoms with van der Waals surface area (Å²) in [6.45, 7) is 0. The van der Waals surface area contributed by atoms with E-state index < -0.39 is 5.97 Å². The van der Waals surface area contributed by atoms with E-state index >= 15 is 0 Å². The quantitative estimate of drug-likeness (QED) is 0.673. The van der Waals surface area contributed by atoms with E-state index in [0.29, 0.717) is 21.5 Å². The van der Waals surface area contributed by atoms with Crippen molar-refractivity contribution in [3.8, 4) is 5.75 Å². The zero-order valence-corrected chi connectivity index (χ0v) is 14.8. The number of rotatable bonds is 4. The van der Waals surface area contributed by atoms with Gasteiger partial charge in [-0.25, -0.2) is 4.79 Å². The molecule has 126 valence electrons. The van der Waals surface area contributed by atoms with Gasteiger partial charge in [0.05, 0.1) is 22.7 Å². The number of carboxylic acids is 1. The molecular weight excluding hydrogens is 386 g/mol. The zero-order chi connectivity index (χ0) is 18.0. The molecule has 5 nitrogen and oxygen atoms in total. The number of ether oxygens (including phenoxy) is 1. The zero-order valence-electron chi connectivity index (χ0n) is 13.2. The number of carbonyl (C=O) groups excluding carboxylic acids is 1. The maximum atomic E-state index is 12.7. The Balaban J connectivity index is 2.02. The minimum atomic E-state index is -1.05. The normalized spacial score (nSPS) is 10.5. The van der Waals surface area contributed by atoms with Gasteiger partial charge in [0.15, 0.2) is 0 Å². The van der Waals surface area contributed by atoms with Crippen LogP contribution in [0.4, 0.5) is 5.69 Å². The second kappa shape index (κ2) is 6.94.